The Labute approximate surface area is 134 Å². The second-order valence-electron chi connectivity index (χ2n) is 5.53. The summed E-state index contributed by atoms with van der Waals surface area (Å²) < 4.78 is 0. The molecule has 1 atom stereocenters. The molecule has 0 aliphatic heterocycles. The highest BCUT2D eigenvalue weighted by molar-refractivity contribution is 5.33. The van der Waals surface area contributed by atoms with Crippen LogP contribution < -0.4 is 5.32 Å². The van der Waals surface area contributed by atoms with E-state index in [1.54, 1.807) is 0 Å². The molecule has 2 aromatic rings. The molecule has 0 spiro atoms. The molecule has 0 aromatic heterocycles. The zero-order chi connectivity index (χ0) is 15.6. The van der Waals surface area contributed by atoms with Crippen LogP contribution in [0.15, 0.2) is 60.7 Å². The van der Waals surface area contributed by atoms with Crippen molar-refractivity contribution in [1.82, 2.24) is 10.2 Å². The standard InChI is InChI=1S/C20H24N2/c1-21-16-20(19-13-7-4-8-14-19)17-22(2)15-9-12-18-10-5-3-6-11-18/h3-8,10-11,13-14,20-21H,15-17H2,1-2H3. The highest BCUT2D eigenvalue weighted by Crippen LogP contribution is 2.15. The average Bonchev–Trinajstić information content (AvgIpc) is 2.56. The Morgan fingerprint density at radius 3 is 2.27 bits per heavy atom. The molecule has 0 fully saturated rings. The van der Waals surface area contributed by atoms with Crippen LogP contribution in [0, 0.1) is 11.8 Å². The van der Waals surface area contributed by atoms with Gasteiger partial charge in [-0.15, -0.1) is 0 Å². The van der Waals surface area contributed by atoms with Crippen molar-refractivity contribution in [2.75, 3.05) is 33.7 Å². The van der Waals surface area contributed by atoms with E-state index >= 15 is 0 Å². The highest BCUT2D eigenvalue weighted by Gasteiger charge is 2.12. The normalized spacial score (nSPS) is 11.8. The van der Waals surface area contributed by atoms with Crippen molar-refractivity contribution in [1.29, 1.82) is 0 Å². The second kappa shape index (κ2) is 9.04. The summed E-state index contributed by atoms with van der Waals surface area (Å²) >= 11 is 0. The fourth-order valence-electron chi connectivity index (χ4n) is 2.50. The first kappa shape index (κ1) is 16.3. The van der Waals surface area contributed by atoms with Gasteiger partial charge in [0, 0.05) is 24.6 Å². The van der Waals surface area contributed by atoms with Gasteiger partial charge in [0.1, 0.15) is 0 Å². The molecule has 2 nitrogen and oxygen atoms in total. The van der Waals surface area contributed by atoms with Crippen molar-refractivity contribution >= 4 is 0 Å². The van der Waals surface area contributed by atoms with Gasteiger partial charge in [-0.3, -0.25) is 4.90 Å². The Hall–Kier alpha value is -2.08. The van der Waals surface area contributed by atoms with Gasteiger partial charge in [-0.1, -0.05) is 60.4 Å². The summed E-state index contributed by atoms with van der Waals surface area (Å²) in [7, 11) is 4.14. The number of benzene rings is 2. The lowest BCUT2D eigenvalue weighted by molar-refractivity contribution is 0.342. The molecule has 0 aliphatic rings. The van der Waals surface area contributed by atoms with Crippen molar-refractivity contribution in [2.24, 2.45) is 0 Å². The van der Waals surface area contributed by atoms with Crippen LogP contribution in [-0.4, -0.2) is 38.6 Å². The largest absolute Gasteiger partial charge is 0.319 e. The number of likely N-dealkylation sites (N-methyl/N-ethyl adjacent to an activating group) is 2. The van der Waals surface area contributed by atoms with Crippen molar-refractivity contribution in [3.8, 4) is 11.8 Å². The first-order chi connectivity index (χ1) is 10.8. The van der Waals surface area contributed by atoms with Gasteiger partial charge in [0.25, 0.3) is 0 Å². The number of nitrogens with zero attached hydrogens (tertiary/aromatic N) is 1. The van der Waals surface area contributed by atoms with E-state index in [9.17, 15) is 0 Å². The predicted octanol–water partition coefficient (Wildman–Crippen LogP) is 2.97. The molecule has 1 unspecified atom stereocenters. The molecule has 0 saturated heterocycles. The molecule has 0 bridgehead atoms. The molecule has 2 rings (SSSR count). The molecule has 22 heavy (non-hydrogen) atoms. The summed E-state index contributed by atoms with van der Waals surface area (Å²) in [5, 5.41) is 3.29. The van der Waals surface area contributed by atoms with E-state index in [1.165, 1.54) is 5.56 Å². The molecule has 0 aliphatic carbocycles. The molecular formula is C20H24N2. The summed E-state index contributed by atoms with van der Waals surface area (Å²) in [6, 6.07) is 20.8. The molecule has 114 valence electrons. The minimum Gasteiger partial charge on any atom is -0.319 e. The van der Waals surface area contributed by atoms with E-state index in [4.69, 9.17) is 0 Å². The Morgan fingerprint density at radius 2 is 1.64 bits per heavy atom. The van der Waals surface area contributed by atoms with Crippen LogP contribution in [0.1, 0.15) is 17.0 Å². The topological polar surface area (TPSA) is 15.3 Å². The smallest absolute Gasteiger partial charge is 0.0603 e. The SMILES string of the molecule is CNCC(CN(C)CC#Cc1ccccc1)c1ccccc1. The number of nitrogens with one attached hydrogen (secondary N) is 1. The molecule has 0 amide bonds. The minimum atomic E-state index is 0.481. The lowest BCUT2D eigenvalue weighted by atomic mass is 9.98. The molecule has 0 radical (unpaired) electrons. The average molecular weight is 292 g/mol. The zero-order valence-corrected chi connectivity index (χ0v) is 13.4. The van der Waals surface area contributed by atoms with Gasteiger partial charge in [0.15, 0.2) is 0 Å². The quantitative estimate of drug-likeness (QED) is 0.824. The third kappa shape index (κ3) is 5.37. The monoisotopic (exact) mass is 292 g/mol. The molecule has 2 heteroatoms. The van der Waals surface area contributed by atoms with E-state index in [0.29, 0.717) is 5.92 Å². The van der Waals surface area contributed by atoms with Gasteiger partial charge >= 0.3 is 0 Å². The summed E-state index contributed by atoms with van der Waals surface area (Å²) in [6.45, 7) is 2.75. The third-order valence-corrected chi connectivity index (χ3v) is 3.61. The fraction of sp³-hybridized carbons (Fsp3) is 0.300. The first-order valence-electron chi connectivity index (χ1n) is 7.71. The van der Waals surface area contributed by atoms with Crippen LogP contribution in [0.3, 0.4) is 0 Å². The van der Waals surface area contributed by atoms with Gasteiger partial charge in [0.2, 0.25) is 0 Å². The van der Waals surface area contributed by atoms with Crippen LogP contribution in [0.4, 0.5) is 0 Å². The molecule has 0 saturated carbocycles. The van der Waals surface area contributed by atoms with Crippen molar-refractivity contribution in [2.45, 2.75) is 5.92 Å². The van der Waals surface area contributed by atoms with Gasteiger partial charge < -0.3 is 5.32 Å². The predicted molar refractivity (Wildman–Crippen MR) is 93.9 cm³/mol. The number of hydrogen-bond acceptors (Lipinski definition) is 2. The highest BCUT2D eigenvalue weighted by atomic mass is 15.1. The van der Waals surface area contributed by atoms with Crippen LogP contribution in [0.25, 0.3) is 0 Å². The summed E-state index contributed by atoms with van der Waals surface area (Å²) in [4.78, 5) is 2.28. The van der Waals surface area contributed by atoms with E-state index in [0.717, 1.165) is 25.2 Å². The Morgan fingerprint density at radius 1 is 1.00 bits per heavy atom. The first-order valence-corrected chi connectivity index (χ1v) is 7.71. The van der Waals surface area contributed by atoms with Gasteiger partial charge in [-0.05, 0) is 31.8 Å². The Kier molecular flexibility index (Phi) is 6.70. The Bertz CT molecular complexity index is 596. The third-order valence-electron chi connectivity index (χ3n) is 3.61. The molecule has 1 N–H and O–H groups in total. The van der Waals surface area contributed by atoms with Gasteiger partial charge in [0.05, 0.1) is 6.54 Å². The van der Waals surface area contributed by atoms with Gasteiger partial charge in [-0.2, -0.15) is 0 Å². The number of rotatable bonds is 6. The van der Waals surface area contributed by atoms with Crippen molar-refractivity contribution in [3.63, 3.8) is 0 Å². The van der Waals surface area contributed by atoms with E-state index in [-0.39, 0.29) is 0 Å². The van der Waals surface area contributed by atoms with Crippen molar-refractivity contribution < 1.29 is 0 Å². The maximum Gasteiger partial charge on any atom is 0.0603 e. The number of hydrogen-bond donors (Lipinski definition) is 1. The van der Waals surface area contributed by atoms with Crippen LogP contribution >= 0.6 is 0 Å². The summed E-state index contributed by atoms with van der Waals surface area (Å²) in [5.41, 5.74) is 2.45. The zero-order valence-electron chi connectivity index (χ0n) is 13.4. The maximum absolute atomic E-state index is 3.29. The lowest BCUT2D eigenvalue weighted by Crippen LogP contribution is -2.30. The Balaban J connectivity index is 1.92. The van der Waals surface area contributed by atoms with Crippen LogP contribution in [0.2, 0.25) is 0 Å². The minimum absolute atomic E-state index is 0.481. The molecule has 2 aromatic carbocycles. The molecule has 0 heterocycles. The van der Waals surface area contributed by atoms with E-state index in [2.05, 4.69) is 59.4 Å². The second-order valence-corrected chi connectivity index (χ2v) is 5.53. The summed E-state index contributed by atoms with van der Waals surface area (Å²) in [6.07, 6.45) is 0. The van der Waals surface area contributed by atoms with Gasteiger partial charge in [-0.25, -0.2) is 0 Å². The lowest BCUT2D eigenvalue weighted by Gasteiger charge is -2.22. The van der Waals surface area contributed by atoms with E-state index < -0.39 is 0 Å². The molecular weight excluding hydrogens is 268 g/mol. The fourth-order valence-corrected chi connectivity index (χ4v) is 2.50. The van der Waals surface area contributed by atoms with Crippen molar-refractivity contribution in [3.05, 3.63) is 71.8 Å². The summed E-state index contributed by atoms with van der Waals surface area (Å²) in [5.74, 6) is 6.95. The van der Waals surface area contributed by atoms with Crippen LogP contribution in [0.5, 0.6) is 0 Å². The van der Waals surface area contributed by atoms with Crippen LogP contribution in [-0.2, 0) is 0 Å². The maximum atomic E-state index is 3.29. The van der Waals surface area contributed by atoms with E-state index in [1.807, 2.05) is 37.4 Å².